The number of fused-ring (bicyclic) bond motifs is 1. The largest absolute Gasteiger partial charge is 0.240 e. The van der Waals surface area contributed by atoms with E-state index in [4.69, 9.17) is 0 Å². The molecule has 0 aliphatic rings. The van der Waals surface area contributed by atoms with Gasteiger partial charge in [-0.2, -0.15) is 15.3 Å². The first-order valence-corrected chi connectivity index (χ1v) is 4.64. The number of pyridine rings is 1. The van der Waals surface area contributed by atoms with Crippen LogP contribution in [0.3, 0.4) is 0 Å². The number of rotatable bonds is 1. The van der Waals surface area contributed by atoms with Gasteiger partial charge in [0.05, 0.1) is 24.1 Å². The highest BCUT2D eigenvalue weighted by molar-refractivity contribution is 5.78. The summed E-state index contributed by atoms with van der Waals surface area (Å²) in [5.74, 6) is 0. The third kappa shape index (κ3) is 1.27. The highest BCUT2D eigenvalue weighted by Gasteiger charge is 2.04. The Hall–Kier alpha value is -2.23. The van der Waals surface area contributed by atoms with Crippen LogP contribution in [0.1, 0.15) is 0 Å². The number of hydrogen-bond acceptors (Lipinski definition) is 3. The van der Waals surface area contributed by atoms with Gasteiger partial charge in [0.1, 0.15) is 0 Å². The highest BCUT2D eigenvalue weighted by atomic mass is 15.2. The molecule has 0 aromatic carbocycles. The Morgan fingerprint density at radius 3 is 2.87 bits per heavy atom. The average molecular weight is 196 g/mol. The highest BCUT2D eigenvalue weighted by Crippen LogP contribution is 2.22. The first-order chi connectivity index (χ1) is 7.45. The molecule has 3 rings (SSSR count). The van der Waals surface area contributed by atoms with Crippen LogP contribution in [0, 0.1) is 0 Å². The summed E-state index contributed by atoms with van der Waals surface area (Å²) < 4.78 is 1.84. The molecule has 4 heteroatoms. The molecule has 0 saturated carbocycles. The molecular weight excluding hydrogens is 188 g/mol. The van der Waals surface area contributed by atoms with Gasteiger partial charge in [-0.05, 0) is 18.2 Å². The van der Waals surface area contributed by atoms with E-state index in [0.29, 0.717) is 0 Å². The molecule has 0 amide bonds. The quantitative estimate of drug-likeness (QED) is 0.596. The summed E-state index contributed by atoms with van der Waals surface area (Å²) in [5, 5.41) is 11.9. The van der Waals surface area contributed by atoms with Crippen molar-refractivity contribution in [3.8, 4) is 11.1 Å². The summed E-state index contributed by atoms with van der Waals surface area (Å²) >= 11 is 0. The van der Waals surface area contributed by atoms with E-state index in [9.17, 15) is 0 Å². The monoisotopic (exact) mass is 196 g/mol. The molecule has 3 aromatic rings. The van der Waals surface area contributed by atoms with Gasteiger partial charge in [-0.1, -0.05) is 6.07 Å². The average Bonchev–Trinajstić information content (AvgIpc) is 2.74. The maximum absolute atomic E-state index is 4.26. The summed E-state index contributed by atoms with van der Waals surface area (Å²) in [6.45, 7) is 0. The summed E-state index contributed by atoms with van der Waals surface area (Å²) in [5.41, 5.74) is 3.18. The van der Waals surface area contributed by atoms with E-state index in [-0.39, 0.29) is 0 Å². The van der Waals surface area contributed by atoms with Crippen LogP contribution in [0.5, 0.6) is 0 Å². The van der Waals surface area contributed by atoms with E-state index >= 15 is 0 Å². The lowest BCUT2D eigenvalue weighted by molar-refractivity contribution is 0.961. The Morgan fingerprint density at radius 2 is 2.00 bits per heavy atom. The van der Waals surface area contributed by atoms with Crippen LogP contribution < -0.4 is 0 Å². The van der Waals surface area contributed by atoms with Crippen molar-refractivity contribution >= 4 is 5.52 Å². The fourth-order valence-electron chi connectivity index (χ4n) is 1.61. The molecule has 0 bridgehead atoms. The lowest BCUT2D eigenvalue weighted by atomic mass is 10.1. The van der Waals surface area contributed by atoms with Gasteiger partial charge in [0.25, 0.3) is 0 Å². The van der Waals surface area contributed by atoms with Crippen molar-refractivity contribution in [2.75, 3.05) is 0 Å². The second-order valence-electron chi connectivity index (χ2n) is 3.22. The van der Waals surface area contributed by atoms with Gasteiger partial charge in [-0.25, -0.2) is 4.52 Å². The van der Waals surface area contributed by atoms with Crippen LogP contribution in [0.2, 0.25) is 0 Å². The molecule has 0 N–H and O–H groups in total. The van der Waals surface area contributed by atoms with Crippen molar-refractivity contribution in [1.82, 2.24) is 19.8 Å². The maximum atomic E-state index is 4.26. The fraction of sp³-hybridized carbons (Fsp3) is 0. The van der Waals surface area contributed by atoms with Crippen molar-refractivity contribution in [2.24, 2.45) is 0 Å². The Balaban J connectivity index is 2.28. The van der Waals surface area contributed by atoms with E-state index in [1.807, 2.05) is 41.2 Å². The molecule has 0 spiro atoms. The van der Waals surface area contributed by atoms with Gasteiger partial charge in [-0.3, -0.25) is 0 Å². The summed E-state index contributed by atoms with van der Waals surface area (Å²) in [7, 11) is 0. The predicted octanol–water partition coefficient (Wildman–Crippen LogP) is 1.79. The molecule has 0 aliphatic carbocycles. The topological polar surface area (TPSA) is 43.1 Å². The molecule has 4 nitrogen and oxygen atoms in total. The van der Waals surface area contributed by atoms with Crippen molar-refractivity contribution < 1.29 is 0 Å². The Morgan fingerprint density at radius 1 is 1.00 bits per heavy atom. The number of aromatic nitrogens is 4. The van der Waals surface area contributed by atoms with Gasteiger partial charge in [-0.15, -0.1) is 0 Å². The van der Waals surface area contributed by atoms with Crippen LogP contribution in [-0.4, -0.2) is 19.8 Å². The van der Waals surface area contributed by atoms with Crippen molar-refractivity contribution in [2.45, 2.75) is 0 Å². The second-order valence-corrected chi connectivity index (χ2v) is 3.22. The first kappa shape index (κ1) is 8.11. The molecule has 0 aliphatic heterocycles. The second kappa shape index (κ2) is 3.16. The van der Waals surface area contributed by atoms with Crippen molar-refractivity contribution in [3.05, 3.63) is 49.1 Å². The normalized spacial score (nSPS) is 10.7. The zero-order valence-electron chi connectivity index (χ0n) is 7.91. The van der Waals surface area contributed by atoms with E-state index in [0.717, 1.165) is 16.6 Å². The third-order valence-electron chi connectivity index (χ3n) is 2.32. The van der Waals surface area contributed by atoms with Gasteiger partial charge >= 0.3 is 0 Å². The number of nitrogens with zero attached hydrogens (tertiary/aromatic N) is 4. The van der Waals surface area contributed by atoms with E-state index in [2.05, 4.69) is 15.3 Å². The Kier molecular flexibility index (Phi) is 1.71. The van der Waals surface area contributed by atoms with E-state index in [1.165, 1.54) is 0 Å². The zero-order chi connectivity index (χ0) is 10.1. The minimum absolute atomic E-state index is 1.03. The molecule has 3 aromatic heterocycles. The molecule has 0 unspecified atom stereocenters. The minimum Gasteiger partial charge on any atom is -0.240 e. The maximum Gasteiger partial charge on any atom is 0.0740 e. The number of hydrogen-bond donors (Lipinski definition) is 0. The smallest absolute Gasteiger partial charge is 0.0740 e. The summed E-state index contributed by atoms with van der Waals surface area (Å²) in [6.07, 6.45) is 7.19. The molecule has 0 radical (unpaired) electrons. The Bertz CT molecular complexity index is 586. The molecule has 0 atom stereocenters. The minimum atomic E-state index is 1.03. The van der Waals surface area contributed by atoms with Crippen molar-refractivity contribution in [3.63, 3.8) is 0 Å². The molecule has 3 heterocycles. The fourth-order valence-corrected chi connectivity index (χ4v) is 1.61. The summed E-state index contributed by atoms with van der Waals surface area (Å²) in [6, 6.07) is 7.91. The van der Waals surface area contributed by atoms with Crippen LogP contribution in [0.15, 0.2) is 49.1 Å². The van der Waals surface area contributed by atoms with E-state index in [1.54, 1.807) is 12.4 Å². The van der Waals surface area contributed by atoms with Gasteiger partial charge in [0.2, 0.25) is 0 Å². The third-order valence-corrected chi connectivity index (χ3v) is 2.32. The molecule has 72 valence electrons. The SMILES string of the molecule is c1ccn2ncc(-c3ccnnc3)c2c1. The molecule has 0 fully saturated rings. The first-order valence-electron chi connectivity index (χ1n) is 4.64. The predicted molar refractivity (Wildman–Crippen MR) is 56.2 cm³/mol. The molecule has 15 heavy (non-hydrogen) atoms. The van der Waals surface area contributed by atoms with Crippen LogP contribution in [0.4, 0.5) is 0 Å². The van der Waals surface area contributed by atoms with E-state index < -0.39 is 0 Å². The lowest BCUT2D eigenvalue weighted by Gasteiger charge is -1.96. The molecule has 0 saturated heterocycles. The standard InChI is InChI=1S/C11H8N4/c1-2-6-15-11(3-1)10(8-14-15)9-4-5-12-13-7-9/h1-8H. The van der Waals surface area contributed by atoms with Crippen LogP contribution in [0.25, 0.3) is 16.6 Å². The molecular formula is C11H8N4. The van der Waals surface area contributed by atoms with Gasteiger partial charge in [0, 0.05) is 17.3 Å². The van der Waals surface area contributed by atoms with Crippen molar-refractivity contribution in [1.29, 1.82) is 0 Å². The van der Waals surface area contributed by atoms with Crippen LogP contribution in [-0.2, 0) is 0 Å². The summed E-state index contributed by atoms with van der Waals surface area (Å²) in [4.78, 5) is 0. The zero-order valence-corrected chi connectivity index (χ0v) is 7.91. The lowest BCUT2D eigenvalue weighted by Crippen LogP contribution is -1.84. The van der Waals surface area contributed by atoms with Crippen LogP contribution >= 0.6 is 0 Å². The van der Waals surface area contributed by atoms with Gasteiger partial charge in [0.15, 0.2) is 0 Å². The van der Waals surface area contributed by atoms with Gasteiger partial charge < -0.3 is 0 Å². The Labute approximate surface area is 86.2 Å².